The third-order valence-corrected chi connectivity index (χ3v) is 4.22. The largest absolute Gasteiger partial charge is 0.302 e. The second kappa shape index (κ2) is 3.77. The zero-order valence-electron chi connectivity index (χ0n) is 10.0. The maximum Gasteiger partial charge on any atom is 0.129 e. The van der Waals surface area contributed by atoms with Gasteiger partial charge in [0.15, 0.2) is 0 Å². The van der Waals surface area contributed by atoms with E-state index < -0.39 is 5.82 Å². The Morgan fingerprint density at radius 1 is 1.41 bits per heavy atom. The number of rotatable bonds is 3. The van der Waals surface area contributed by atoms with E-state index in [1.54, 1.807) is 6.07 Å². The van der Waals surface area contributed by atoms with Gasteiger partial charge >= 0.3 is 0 Å². The van der Waals surface area contributed by atoms with Crippen LogP contribution in [0.4, 0.5) is 8.78 Å². The third kappa shape index (κ3) is 1.68. The second-order valence-electron chi connectivity index (χ2n) is 5.42. The van der Waals surface area contributed by atoms with Crippen molar-refractivity contribution in [3.63, 3.8) is 0 Å². The van der Waals surface area contributed by atoms with E-state index in [-0.39, 0.29) is 11.2 Å². The van der Waals surface area contributed by atoms with Gasteiger partial charge in [-0.2, -0.15) is 0 Å². The molecule has 1 saturated heterocycles. The molecule has 0 spiro atoms. The van der Waals surface area contributed by atoms with Gasteiger partial charge in [0, 0.05) is 24.6 Å². The zero-order valence-corrected chi connectivity index (χ0v) is 10.0. The SMILES string of the molecule is CCCN1CC2CC2(c2ccc(F)cc2F)C1. The molecule has 0 bridgehead atoms. The van der Waals surface area contributed by atoms with Crippen LogP contribution < -0.4 is 0 Å². The van der Waals surface area contributed by atoms with Crippen molar-refractivity contribution in [1.29, 1.82) is 0 Å². The van der Waals surface area contributed by atoms with Gasteiger partial charge in [0.1, 0.15) is 11.6 Å². The van der Waals surface area contributed by atoms with Crippen molar-refractivity contribution in [1.82, 2.24) is 4.90 Å². The first-order chi connectivity index (χ1) is 8.15. The Kier molecular flexibility index (Phi) is 2.47. The Morgan fingerprint density at radius 3 is 2.94 bits per heavy atom. The highest BCUT2D eigenvalue weighted by molar-refractivity contribution is 5.38. The van der Waals surface area contributed by atoms with Crippen LogP contribution in [0.15, 0.2) is 18.2 Å². The molecule has 1 aromatic rings. The van der Waals surface area contributed by atoms with Crippen LogP contribution in [0.5, 0.6) is 0 Å². The molecule has 1 aliphatic heterocycles. The van der Waals surface area contributed by atoms with Crippen LogP contribution in [0.1, 0.15) is 25.3 Å². The van der Waals surface area contributed by atoms with E-state index in [0.717, 1.165) is 44.1 Å². The minimum absolute atomic E-state index is 0.00699. The molecule has 3 rings (SSSR count). The van der Waals surface area contributed by atoms with E-state index in [4.69, 9.17) is 0 Å². The molecule has 2 atom stereocenters. The first kappa shape index (κ1) is 11.1. The maximum atomic E-state index is 13.8. The van der Waals surface area contributed by atoms with Crippen molar-refractivity contribution in [3.8, 4) is 0 Å². The molecule has 0 N–H and O–H groups in total. The number of likely N-dealkylation sites (tertiary alicyclic amines) is 1. The monoisotopic (exact) mass is 237 g/mol. The second-order valence-corrected chi connectivity index (χ2v) is 5.42. The molecule has 0 aromatic heterocycles. The molecule has 1 aliphatic carbocycles. The Morgan fingerprint density at radius 2 is 2.24 bits per heavy atom. The van der Waals surface area contributed by atoms with Gasteiger partial charge in [-0.1, -0.05) is 13.0 Å². The van der Waals surface area contributed by atoms with Gasteiger partial charge in [-0.3, -0.25) is 0 Å². The Balaban J connectivity index is 1.86. The number of hydrogen-bond acceptors (Lipinski definition) is 1. The Bertz CT molecular complexity index is 446. The van der Waals surface area contributed by atoms with Gasteiger partial charge in [-0.25, -0.2) is 8.78 Å². The predicted octanol–water partition coefficient (Wildman–Crippen LogP) is 2.95. The van der Waals surface area contributed by atoms with E-state index in [2.05, 4.69) is 11.8 Å². The highest BCUT2D eigenvalue weighted by Crippen LogP contribution is 2.59. The minimum Gasteiger partial charge on any atom is -0.302 e. The van der Waals surface area contributed by atoms with Crippen molar-refractivity contribution in [2.24, 2.45) is 5.92 Å². The average molecular weight is 237 g/mol. The lowest BCUT2D eigenvalue weighted by Gasteiger charge is -2.20. The summed E-state index contributed by atoms with van der Waals surface area (Å²) in [4.78, 5) is 2.40. The fraction of sp³-hybridized carbons (Fsp3) is 0.571. The van der Waals surface area contributed by atoms with Crippen LogP contribution in [0.25, 0.3) is 0 Å². The van der Waals surface area contributed by atoms with Crippen LogP contribution in [0.2, 0.25) is 0 Å². The molecule has 1 nitrogen and oxygen atoms in total. The summed E-state index contributed by atoms with van der Waals surface area (Å²) in [5.74, 6) is -0.275. The summed E-state index contributed by atoms with van der Waals surface area (Å²) in [6.45, 7) is 5.26. The van der Waals surface area contributed by atoms with Gasteiger partial charge in [-0.15, -0.1) is 0 Å². The van der Waals surface area contributed by atoms with Gasteiger partial charge in [0.05, 0.1) is 0 Å². The van der Waals surface area contributed by atoms with Crippen molar-refractivity contribution in [3.05, 3.63) is 35.4 Å². The molecule has 0 radical (unpaired) electrons. The summed E-state index contributed by atoms with van der Waals surface area (Å²) in [5.41, 5.74) is 0.718. The summed E-state index contributed by atoms with van der Waals surface area (Å²) < 4.78 is 26.7. The lowest BCUT2D eigenvalue weighted by Crippen LogP contribution is -2.27. The molecular formula is C14H17F2N. The van der Waals surface area contributed by atoms with E-state index in [0.29, 0.717) is 5.92 Å². The molecule has 0 amide bonds. The molecule has 2 fully saturated rings. The lowest BCUT2D eigenvalue weighted by molar-refractivity contribution is 0.297. The first-order valence-electron chi connectivity index (χ1n) is 6.33. The quantitative estimate of drug-likeness (QED) is 0.781. The number of hydrogen-bond donors (Lipinski definition) is 0. The van der Waals surface area contributed by atoms with Gasteiger partial charge < -0.3 is 4.90 Å². The number of nitrogens with zero attached hydrogens (tertiary/aromatic N) is 1. The van der Waals surface area contributed by atoms with Crippen molar-refractivity contribution in [2.75, 3.05) is 19.6 Å². The van der Waals surface area contributed by atoms with Gasteiger partial charge in [0.2, 0.25) is 0 Å². The molecule has 92 valence electrons. The van der Waals surface area contributed by atoms with Crippen LogP contribution >= 0.6 is 0 Å². The van der Waals surface area contributed by atoms with Gasteiger partial charge in [0.25, 0.3) is 0 Å². The molecule has 2 aliphatic rings. The smallest absolute Gasteiger partial charge is 0.129 e. The normalized spacial score (nSPS) is 31.6. The fourth-order valence-electron chi connectivity index (χ4n) is 3.38. The lowest BCUT2D eigenvalue weighted by atomic mass is 9.94. The van der Waals surface area contributed by atoms with E-state index in [1.807, 2.05) is 0 Å². The molecule has 1 heterocycles. The summed E-state index contributed by atoms with van der Waals surface area (Å²) in [5, 5.41) is 0. The van der Waals surface area contributed by atoms with E-state index in [1.165, 1.54) is 6.07 Å². The van der Waals surface area contributed by atoms with Gasteiger partial charge in [-0.05, 0) is 36.9 Å². The summed E-state index contributed by atoms with van der Waals surface area (Å²) in [7, 11) is 0. The standard InChI is InChI=1S/C14H17F2N/c1-2-5-17-8-10-7-14(10,9-17)12-4-3-11(15)6-13(12)16/h3-4,6,10H,2,5,7-9H2,1H3. The minimum atomic E-state index is -0.483. The first-order valence-corrected chi connectivity index (χ1v) is 6.33. The van der Waals surface area contributed by atoms with Crippen LogP contribution in [-0.4, -0.2) is 24.5 Å². The molecular weight excluding hydrogens is 220 g/mol. The maximum absolute atomic E-state index is 13.8. The summed E-state index contributed by atoms with van der Waals surface area (Å²) >= 11 is 0. The molecule has 1 aromatic carbocycles. The molecule has 3 heteroatoms. The Labute approximate surface area is 100 Å². The predicted molar refractivity (Wildman–Crippen MR) is 62.9 cm³/mol. The highest BCUT2D eigenvalue weighted by Gasteiger charge is 2.61. The summed E-state index contributed by atoms with van der Waals surface area (Å²) in [6, 6.07) is 4.03. The molecule has 2 unspecified atom stereocenters. The third-order valence-electron chi connectivity index (χ3n) is 4.22. The van der Waals surface area contributed by atoms with Crippen molar-refractivity contribution in [2.45, 2.75) is 25.2 Å². The van der Waals surface area contributed by atoms with E-state index in [9.17, 15) is 8.78 Å². The summed E-state index contributed by atoms with van der Waals surface area (Å²) in [6.07, 6.45) is 2.20. The number of benzene rings is 1. The zero-order chi connectivity index (χ0) is 12.0. The fourth-order valence-corrected chi connectivity index (χ4v) is 3.38. The number of halogens is 2. The van der Waals surface area contributed by atoms with E-state index >= 15 is 0 Å². The Hall–Kier alpha value is -0.960. The van der Waals surface area contributed by atoms with Crippen molar-refractivity contribution >= 4 is 0 Å². The average Bonchev–Trinajstić information content (AvgIpc) is 2.82. The topological polar surface area (TPSA) is 3.24 Å². The molecule has 1 saturated carbocycles. The van der Waals surface area contributed by atoms with Crippen molar-refractivity contribution < 1.29 is 8.78 Å². The molecule has 17 heavy (non-hydrogen) atoms. The number of piperidine rings is 1. The number of fused-ring (bicyclic) bond motifs is 1. The van der Waals surface area contributed by atoms with Crippen LogP contribution in [0.3, 0.4) is 0 Å². The van der Waals surface area contributed by atoms with Crippen LogP contribution in [-0.2, 0) is 5.41 Å². The van der Waals surface area contributed by atoms with Crippen LogP contribution in [0, 0.1) is 17.6 Å². The highest BCUT2D eigenvalue weighted by atomic mass is 19.1.